The van der Waals surface area contributed by atoms with Crippen molar-refractivity contribution >= 4 is 5.91 Å². The number of piperidine rings is 1. The second-order valence-electron chi connectivity index (χ2n) is 9.09. The normalized spacial score (nSPS) is 29.9. The lowest BCUT2D eigenvalue weighted by atomic mass is 9.82. The molecule has 0 radical (unpaired) electrons. The topological polar surface area (TPSA) is 59.4 Å². The lowest BCUT2D eigenvalue weighted by molar-refractivity contribution is -0.145. The van der Waals surface area contributed by atoms with Crippen molar-refractivity contribution in [3.05, 3.63) is 47.8 Å². The van der Waals surface area contributed by atoms with E-state index in [9.17, 15) is 4.79 Å². The minimum absolute atomic E-state index is 0.183. The number of carbonyl (C=O) groups is 1. The number of ether oxygens (including phenoxy) is 1. The van der Waals surface area contributed by atoms with E-state index in [-0.39, 0.29) is 11.5 Å². The van der Waals surface area contributed by atoms with Crippen LogP contribution in [0.1, 0.15) is 43.4 Å². The molecule has 1 aromatic heterocycles. The van der Waals surface area contributed by atoms with Crippen LogP contribution in [0.3, 0.4) is 0 Å². The molecule has 1 N–H and O–H groups in total. The van der Waals surface area contributed by atoms with Crippen LogP contribution in [0.25, 0.3) is 5.69 Å². The maximum Gasteiger partial charge on any atom is 0.227 e. The summed E-state index contributed by atoms with van der Waals surface area (Å²) < 4.78 is 8.34. The molecule has 152 valence electrons. The molecule has 3 fully saturated rings. The van der Waals surface area contributed by atoms with Crippen molar-refractivity contribution in [2.24, 2.45) is 5.92 Å². The number of para-hydroxylation sites is 1. The first-order chi connectivity index (χ1) is 14.2. The zero-order valence-corrected chi connectivity index (χ0v) is 16.7. The Balaban J connectivity index is 1.21. The summed E-state index contributed by atoms with van der Waals surface area (Å²) in [5.74, 6) is 0.535. The first-order valence-electron chi connectivity index (χ1n) is 11.1. The average Bonchev–Trinajstić information content (AvgIpc) is 3.51. The van der Waals surface area contributed by atoms with Crippen molar-refractivity contribution in [3.63, 3.8) is 0 Å². The predicted octanol–water partition coefficient (Wildman–Crippen LogP) is 2.40. The summed E-state index contributed by atoms with van der Waals surface area (Å²) in [4.78, 5) is 15.2. The van der Waals surface area contributed by atoms with Gasteiger partial charge in [0.15, 0.2) is 0 Å². The van der Waals surface area contributed by atoms with Crippen LogP contribution in [0.2, 0.25) is 0 Å². The molecule has 6 heteroatoms. The zero-order chi connectivity index (χ0) is 19.4. The third-order valence-electron chi connectivity index (χ3n) is 7.49. The summed E-state index contributed by atoms with van der Waals surface area (Å²) in [6.07, 6.45) is 8.15. The standard InChI is InChI=1S/C23H28N4O2/c28-22(19-14-17-6-7-20(19)24-17)26-11-9-23(10-12-26)21-16(8-13-29-23)15-27(25-21)18-4-2-1-3-5-18/h1-5,15,17,19-20,24H,6-14H2/t17-,19+,20+/m1/s1. The molecule has 2 bridgehead atoms. The number of likely N-dealkylation sites (tertiary alicyclic amines) is 1. The van der Waals surface area contributed by atoms with Gasteiger partial charge in [-0.15, -0.1) is 0 Å². The maximum absolute atomic E-state index is 13.1. The number of fused-ring (bicyclic) bond motifs is 4. The first-order valence-corrected chi connectivity index (χ1v) is 11.1. The van der Waals surface area contributed by atoms with Crippen molar-refractivity contribution in [2.45, 2.75) is 56.2 Å². The molecule has 1 aromatic carbocycles. The summed E-state index contributed by atoms with van der Waals surface area (Å²) in [7, 11) is 0. The minimum Gasteiger partial charge on any atom is -0.368 e. The van der Waals surface area contributed by atoms with Gasteiger partial charge in [-0.25, -0.2) is 4.68 Å². The van der Waals surface area contributed by atoms with Gasteiger partial charge in [0.1, 0.15) is 5.60 Å². The van der Waals surface area contributed by atoms with Gasteiger partial charge < -0.3 is 15.0 Å². The predicted molar refractivity (Wildman–Crippen MR) is 109 cm³/mol. The van der Waals surface area contributed by atoms with Gasteiger partial charge in [0.05, 0.1) is 23.9 Å². The lowest BCUT2D eigenvalue weighted by Crippen LogP contribution is -2.51. The molecule has 5 heterocycles. The van der Waals surface area contributed by atoms with Gasteiger partial charge >= 0.3 is 0 Å². The van der Waals surface area contributed by atoms with E-state index in [1.54, 1.807) is 0 Å². The third kappa shape index (κ3) is 2.84. The fraction of sp³-hybridized carbons (Fsp3) is 0.565. The van der Waals surface area contributed by atoms with Crippen LogP contribution in [-0.2, 0) is 21.6 Å². The smallest absolute Gasteiger partial charge is 0.227 e. The molecule has 0 aliphatic carbocycles. The maximum atomic E-state index is 13.1. The van der Waals surface area contributed by atoms with E-state index in [4.69, 9.17) is 9.84 Å². The summed E-state index contributed by atoms with van der Waals surface area (Å²) in [5.41, 5.74) is 3.11. The van der Waals surface area contributed by atoms with Crippen LogP contribution in [0.5, 0.6) is 0 Å². The van der Waals surface area contributed by atoms with Crippen LogP contribution in [0.15, 0.2) is 36.5 Å². The number of nitrogens with one attached hydrogen (secondary N) is 1. The van der Waals surface area contributed by atoms with E-state index in [0.29, 0.717) is 18.0 Å². The van der Waals surface area contributed by atoms with Crippen LogP contribution >= 0.6 is 0 Å². The van der Waals surface area contributed by atoms with E-state index >= 15 is 0 Å². The molecule has 0 saturated carbocycles. The summed E-state index contributed by atoms with van der Waals surface area (Å²) >= 11 is 0. The molecule has 2 aromatic rings. The Morgan fingerprint density at radius 1 is 1.17 bits per heavy atom. The summed E-state index contributed by atoms with van der Waals surface area (Å²) in [6.45, 7) is 2.27. The van der Waals surface area contributed by atoms with Crippen LogP contribution in [0.4, 0.5) is 0 Å². The van der Waals surface area contributed by atoms with Gasteiger partial charge in [0.25, 0.3) is 0 Å². The highest BCUT2D eigenvalue weighted by atomic mass is 16.5. The van der Waals surface area contributed by atoms with E-state index in [1.165, 1.54) is 12.0 Å². The number of amides is 1. The number of benzene rings is 1. The van der Waals surface area contributed by atoms with Gasteiger partial charge in [0, 0.05) is 31.4 Å². The van der Waals surface area contributed by atoms with Crippen molar-refractivity contribution in [1.82, 2.24) is 20.0 Å². The summed E-state index contributed by atoms with van der Waals surface area (Å²) in [5, 5.41) is 8.56. The van der Waals surface area contributed by atoms with Crippen LogP contribution in [-0.4, -0.2) is 52.4 Å². The molecule has 6 nitrogen and oxygen atoms in total. The Morgan fingerprint density at radius 2 is 2.00 bits per heavy atom. The van der Waals surface area contributed by atoms with Gasteiger partial charge in [0.2, 0.25) is 5.91 Å². The number of hydrogen-bond acceptors (Lipinski definition) is 4. The van der Waals surface area contributed by atoms with Gasteiger partial charge in [-0.3, -0.25) is 4.79 Å². The molecule has 1 amide bonds. The number of aromatic nitrogens is 2. The fourth-order valence-corrected chi connectivity index (χ4v) is 5.92. The molecule has 4 aliphatic rings. The Morgan fingerprint density at radius 3 is 2.72 bits per heavy atom. The monoisotopic (exact) mass is 392 g/mol. The third-order valence-corrected chi connectivity index (χ3v) is 7.49. The van der Waals surface area contributed by atoms with Crippen LogP contribution < -0.4 is 5.32 Å². The van der Waals surface area contributed by atoms with Gasteiger partial charge in [-0.05, 0) is 56.2 Å². The number of nitrogens with zero attached hydrogens (tertiary/aromatic N) is 3. The van der Waals surface area contributed by atoms with Gasteiger partial charge in [-0.2, -0.15) is 5.10 Å². The summed E-state index contributed by atoms with van der Waals surface area (Å²) in [6, 6.07) is 11.2. The SMILES string of the molecule is O=C([C@H]1C[C@H]2CC[C@@H]1N2)N1CCC2(CC1)OCCc1cn(-c3ccccc3)nc12. The van der Waals surface area contributed by atoms with E-state index < -0.39 is 0 Å². The van der Waals surface area contributed by atoms with Crippen molar-refractivity contribution < 1.29 is 9.53 Å². The first kappa shape index (κ1) is 17.7. The average molecular weight is 393 g/mol. The zero-order valence-electron chi connectivity index (χ0n) is 16.7. The van der Waals surface area contributed by atoms with Crippen molar-refractivity contribution in [2.75, 3.05) is 19.7 Å². The minimum atomic E-state index is -0.336. The second kappa shape index (κ2) is 6.67. The Kier molecular flexibility index (Phi) is 4.06. The molecule has 3 atom stereocenters. The molecule has 1 spiro atoms. The molecular formula is C23H28N4O2. The highest BCUT2D eigenvalue weighted by Crippen LogP contribution is 2.42. The fourth-order valence-electron chi connectivity index (χ4n) is 5.92. The molecule has 0 unspecified atom stereocenters. The quantitative estimate of drug-likeness (QED) is 0.853. The largest absolute Gasteiger partial charge is 0.368 e. The Labute approximate surface area is 171 Å². The Hall–Kier alpha value is -2.18. The van der Waals surface area contributed by atoms with Crippen molar-refractivity contribution in [3.8, 4) is 5.69 Å². The lowest BCUT2D eigenvalue weighted by Gasteiger charge is -2.43. The number of carbonyl (C=O) groups excluding carboxylic acids is 1. The highest BCUT2D eigenvalue weighted by Gasteiger charge is 2.48. The molecule has 4 aliphatic heterocycles. The Bertz CT molecular complexity index is 916. The van der Waals surface area contributed by atoms with E-state index in [2.05, 4.69) is 28.5 Å². The van der Waals surface area contributed by atoms with Crippen molar-refractivity contribution in [1.29, 1.82) is 0 Å². The number of rotatable bonds is 2. The van der Waals surface area contributed by atoms with E-state index in [1.807, 2.05) is 22.9 Å². The molecule has 6 rings (SSSR count). The molecule has 29 heavy (non-hydrogen) atoms. The van der Waals surface area contributed by atoms with E-state index in [0.717, 1.165) is 63.2 Å². The molecular weight excluding hydrogens is 364 g/mol. The second-order valence-corrected chi connectivity index (χ2v) is 9.09. The molecule has 3 saturated heterocycles. The van der Waals surface area contributed by atoms with Crippen LogP contribution in [0, 0.1) is 5.92 Å². The number of hydrogen-bond donors (Lipinski definition) is 1. The van der Waals surface area contributed by atoms with Gasteiger partial charge in [-0.1, -0.05) is 18.2 Å². The highest BCUT2D eigenvalue weighted by molar-refractivity contribution is 5.80.